The van der Waals surface area contributed by atoms with E-state index in [0.717, 1.165) is 23.0 Å². The normalized spacial score (nSPS) is 16.9. The van der Waals surface area contributed by atoms with Crippen LogP contribution in [0.15, 0.2) is 106 Å². The third kappa shape index (κ3) is 7.53. The Bertz CT molecular complexity index is 2480. The molecule has 2 unspecified atom stereocenters. The summed E-state index contributed by atoms with van der Waals surface area (Å²) in [6, 6.07) is 36.3. The molecule has 0 N–H and O–H groups in total. The van der Waals surface area contributed by atoms with Gasteiger partial charge in [0.15, 0.2) is 0 Å². The Morgan fingerprint density at radius 1 is 0.525 bits per heavy atom. The molecule has 1 fully saturated rings. The van der Waals surface area contributed by atoms with Gasteiger partial charge < -0.3 is 24.8 Å². The van der Waals surface area contributed by atoms with Gasteiger partial charge in [-0.15, -0.1) is 0 Å². The van der Waals surface area contributed by atoms with Crippen molar-refractivity contribution in [2.24, 2.45) is 0 Å². The first-order valence-corrected chi connectivity index (χ1v) is 25.0. The zero-order valence-electron chi connectivity index (χ0n) is 36.2. The summed E-state index contributed by atoms with van der Waals surface area (Å²) >= 11 is -2.89. The number of halogens is 2. The van der Waals surface area contributed by atoms with Gasteiger partial charge in [0.05, 0.1) is 0 Å². The standard InChI is InChI=1S/2C25H25O.C4H6.2ClH.Zr/c2*1-16-13-19-14-20(22-11-12-23(26-22)25(3,4)5)15-21(19)24(17(16)2)18-9-7-6-8-10-18;1-2-4-3-1;;;/h2*6-15H,1-5H3;1-3H2;2*1H;/q;;;;;+2/p-2. The Labute approximate surface area is 372 Å². The van der Waals surface area contributed by atoms with Gasteiger partial charge in [0, 0.05) is 0 Å². The van der Waals surface area contributed by atoms with Gasteiger partial charge in [0.2, 0.25) is 0 Å². The minimum Gasteiger partial charge on any atom is -1.00 e. The molecule has 9 rings (SSSR count). The van der Waals surface area contributed by atoms with Crippen molar-refractivity contribution in [3.63, 3.8) is 0 Å². The Hall–Kier alpha value is -3.75. The van der Waals surface area contributed by atoms with Crippen molar-refractivity contribution < 1.29 is 54.9 Å². The number of fused-ring (bicyclic) bond motifs is 2. The Kier molecular flexibility index (Phi) is 12.0. The zero-order valence-corrected chi connectivity index (χ0v) is 40.2. The second-order valence-corrected chi connectivity index (χ2v) is 25.7. The SMILES string of the molecule is Cc1cc2c(c(-c3ccccc3)c1C)C=C(c1ccc(C(C)(C)C)o1)[CH]2[Zr+2](=[C]1CCC1)[CH]1C(c2ccc(C(C)(C)C)o2)=Cc2c1cc(C)c(C)c2-c1ccccc1.[Cl-].[Cl-]. The summed E-state index contributed by atoms with van der Waals surface area (Å²) in [5, 5.41) is 0. The van der Waals surface area contributed by atoms with Gasteiger partial charge >= 0.3 is 350 Å². The van der Waals surface area contributed by atoms with Crippen molar-refractivity contribution in [1.29, 1.82) is 0 Å². The largest absolute Gasteiger partial charge is 1.00 e. The van der Waals surface area contributed by atoms with Crippen molar-refractivity contribution in [3.8, 4) is 22.3 Å². The molecule has 0 aliphatic heterocycles. The topological polar surface area (TPSA) is 26.3 Å². The van der Waals surface area contributed by atoms with Crippen LogP contribution in [0, 0.1) is 27.7 Å². The average molecular weight is 899 g/mol. The number of allylic oxidation sites excluding steroid dienone is 2. The molecule has 2 heterocycles. The quantitative estimate of drug-likeness (QED) is 0.167. The molecule has 6 aromatic rings. The second kappa shape index (κ2) is 16.3. The van der Waals surface area contributed by atoms with E-state index in [-0.39, 0.29) is 42.9 Å². The molecule has 0 radical (unpaired) electrons. The number of aryl methyl sites for hydroxylation is 2. The summed E-state index contributed by atoms with van der Waals surface area (Å²) < 4.78 is 16.4. The number of rotatable bonds is 6. The van der Waals surface area contributed by atoms with Crippen molar-refractivity contribution in [1.82, 2.24) is 0 Å². The van der Waals surface area contributed by atoms with E-state index in [2.05, 4.69) is 178 Å². The predicted molar refractivity (Wildman–Crippen MR) is 238 cm³/mol. The predicted octanol–water partition coefficient (Wildman–Crippen LogP) is 8.91. The van der Waals surface area contributed by atoms with Crippen LogP contribution in [0.4, 0.5) is 0 Å². The van der Waals surface area contributed by atoms with Gasteiger partial charge in [-0.2, -0.15) is 0 Å². The molecule has 2 nitrogen and oxygen atoms in total. The molecule has 0 bridgehead atoms. The first-order chi connectivity index (χ1) is 27.2. The Morgan fingerprint density at radius 3 is 1.24 bits per heavy atom. The van der Waals surface area contributed by atoms with E-state index >= 15 is 0 Å². The van der Waals surface area contributed by atoms with Crippen LogP contribution in [0.5, 0.6) is 0 Å². The smallest absolute Gasteiger partial charge is 1.00 e. The summed E-state index contributed by atoms with van der Waals surface area (Å²) in [5.41, 5.74) is 19.2. The Morgan fingerprint density at radius 2 is 0.915 bits per heavy atom. The van der Waals surface area contributed by atoms with Gasteiger partial charge in [-0.05, 0) is 0 Å². The van der Waals surface area contributed by atoms with Crippen LogP contribution < -0.4 is 24.8 Å². The fourth-order valence-corrected chi connectivity index (χ4v) is 20.3. The third-order valence-electron chi connectivity index (χ3n) is 13.1. The van der Waals surface area contributed by atoms with E-state index in [1.807, 2.05) is 3.21 Å². The minimum absolute atomic E-state index is 0. The molecular formula is C54H56Cl2O2Zr. The molecule has 0 amide bonds. The van der Waals surface area contributed by atoms with Crippen molar-refractivity contribution in [2.45, 2.75) is 107 Å². The van der Waals surface area contributed by atoms with Crippen LogP contribution in [0.3, 0.4) is 0 Å². The van der Waals surface area contributed by atoms with Crippen molar-refractivity contribution in [3.05, 3.63) is 165 Å². The molecule has 3 aliphatic rings. The maximum atomic E-state index is 7.00. The fourth-order valence-electron chi connectivity index (χ4n) is 9.59. The maximum absolute atomic E-state index is 7.00. The van der Waals surface area contributed by atoms with Gasteiger partial charge in [0.25, 0.3) is 0 Å². The monoisotopic (exact) mass is 896 g/mol. The van der Waals surface area contributed by atoms with E-state index in [0.29, 0.717) is 0 Å². The zero-order chi connectivity index (χ0) is 40.0. The summed E-state index contributed by atoms with van der Waals surface area (Å²) in [7, 11) is 0. The summed E-state index contributed by atoms with van der Waals surface area (Å²) in [5.74, 6) is 4.16. The van der Waals surface area contributed by atoms with Crippen LogP contribution in [-0.4, -0.2) is 3.21 Å². The maximum Gasteiger partial charge on any atom is -1.00 e. The Balaban J connectivity index is 0.00000264. The fraction of sp³-hybridized carbons (Fsp3) is 0.315. The summed E-state index contributed by atoms with van der Waals surface area (Å²) in [6.07, 6.45) is 8.86. The van der Waals surface area contributed by atoms with E-state index in [4.69, 9.17) is 8.83 Å². The van der Waals surface area contributed by atoms with Crippen LogP contribution in [0.1, 0.15) is 136 Å². The van der Waals surface area contributed by atoms with Gasteiger partial charge in [-0.25, -0.2) is 0 Å². The number of furan rings is 2. The summed E-state index contributed by atoms with van der Waals surface area (Å²) in [6.45, 7) is 22.8. The van der Waals surface area contributed by atoms with Crippen LogP contribution >= 0.6 is 0 Å². The van der Waals surface area contributed by atoms with Gasteiger partial charge in [-0.1, -0.05) is 0 Å². The average Bonchev–Trinajstić information content (AvgIpc) is 3.97. The van der Waals surface area contributed by atoms with Gasteiger partial charge in [-0.3, -0.25) is 0 Å². The molecule has 5 heteroatoms. The molecule has 2 aromatic heterocycles. The summed E-state index contributed by atoms with van der Waals surface area (Å²) in [4.78, 5) is 0. The third-order valence-corrected chi connectivity index (χ3v) is 22.4. The van der Waals surface area contributed by atoms with Crippen LogP contribution in [-0.2, 0) is 32.1 Å². The van der Waals surface area contributed by atoms with Crippen LogP contribution in [0.2, 0.25) is 0 Å². The first kappa shape index (κ1) is 43.3. The second-order valence-electron chi connectivity index (χ2n) is 18.9. The molecule has 3 aliphatic carbocycles. The van der Waals surface area contributed by atoms with E-state index in [1.54, 1.807) is 0 Å². The van der Waals surface area contributed by atoms with Crippen molar-refractivity contribution in [2.75, 3.05) is 0 Å². The van der Waals surface area contributed by atoms with E-state index in [9.17, 15) is 0 Å². The molecule has 1 saturated carbocycles. The van der Waals surface area contributed by atoms with Crippen molar-refractivity contribution >= 4 is 26.5 Å². The number of hydrogen-bond acceptors (Lipinski definition) is 2. The number of hydrogen-bond donors (Lipinski definition) is 0. The number of benzene rings is 4. The van der Waals surface area contributed by atoms with E-state index < -0.39 is 21.3 Å². The molecular weight excluding hydrogens is 843 g/mol. The van der Waals surface area contributed by atoms with Crippen LogP contribution in [0.25, 0.3) is 45.6 Å². The molecule has 0 spiro atoms. The molecule has 59 heavy (non-hydrogen) atoms. The molecule has 2 atom stereocenters. The molecule has 302 valence electrons. The molecule has 4 aromatic carbocycles. The van der Waals surface area contributed by atoms with E-state index in [1.165, 1.54) is 97.2 Å². The minimum atomic E-state index is -2.89. The molecule has 0 saturated heterocycles. The first-order valence-electron chi connectivity index (χ1n) is 21.0. The van der Waals surface area contributed by atoms with Gasteiger partial charge in [0.1, 0.15) is 0 Å².